The number of hydrogen-bond acceptors (Lipinski definition) is 3. The summed E-state index contributed by atoms with van der Waals surface area (Å²) >= 11 is 0. The summed E-state index contributed by atoms with van der Waals surface area (Å²) in [5.41, 5.74) is 5.43. The predicted octanol–water partition coefficient (Wildman–Crippen LogP) is 1.21. The van der Waals surface area contributed by atoms with Gasteiger partial charge in [0.05, 0.1) is 0 Å². The number of nitrogens with one attached hydrogen (secondary N) is 1. The molecule has 0 radical (unpaired) electrons. The topological polar surface area (TPSA) is 58.4 Å². The molecule has 1 amide bonds. The van der Waals surface area contributed by atoms with Crippen LogP contribution in [0.4, 0.5) is 0 Å². The molecular formula is C13H29N3O. The maximum atomic E-state index is 11.7. The third-order valence-electron chi connectivity index (χ3n) is 3.13. The molecule has 3 N–H and O–H groups in total. The van der Waals surface area contributed by atoms with E-state index in [1.54, 1.807) is 0 Å². The second-order valence-electron chi connectivity index (χ2n) is 4.50. The van der Waals surface area contributed by atoms with Crippen molar-refractivity contribution in [2.75, 3.05) is 32.7 Å². The van der Waals surface area contributed by atoms with E-state index < -0.39 is 0 Å². The minimum Gasteiger partial charge on any atom is -0.356 e. The van der Waals surface area contributed by atoms with Crippen LogP contribution in [0, 0.1) is 5.92 Å². The number of hydrogen-bond donors (Lipinski definition) is 2. The molecule has 0 aromatic carbocycles. The van der Waals surface area contributed by atoms with Crippen LogP contribution in [0.2, 0.25) is 0 Å². The van der Waals surface area contributed by atoms with Gasteiger partial charge in [-0.25, -0.2) is 0 Å². The minimum atomic E-state index is 0.0898. The van der Waals surface area contributed by atoms with Crippen molar-refractivity contribution in [1.82, 2.24) is 10.2 Å². The molecule has 1 unspecified atom stereocenters. The van der Waals surface area contributed by atoms with E-state index in [4.69, 9.17) is 5.73 Å². The molecule has 0 aromatic rings. The van der Waals surface area contributed by atoms with Gasteiger partial charge in [0, 0.05) is 12.5 Å². The molecule has 0 heterocycles. The first kappa shape index (κ1) is 16.4. The Morgan fingerprint density at radius 2 is 1.94 bits per heavy atom. The summed E-state index contributed by atoms with van der Waals surface area (Å²) in [6, 6.07) is 0. The summed E-state index contributed by atoms with van der Waals surface area (Å²) in [6.07, 6.45) is 2.84. The maximum Gasteiger partial charge on any atom is 0.222 e. The molecule has 1 atom stereocenters. The zero-order chi connectivity index (χ0) is 13.1. The molecule has 0 aliphatic rings. The highest BCUT2D eigenvalue weighted by Crippen LogP contribution is 2.04. The Balaban J connectivity index is 3.56. The van der Waals surface area contributed by atoms with Crippen LogP contribution in [0.3, 0.4) is 0 Å². The molecule has 0 spiro atoms. The highest BCUT2D eigenvalue weighted by atomic mass is 16.1. The number of rotatable bonds is 10. The van der Waals surface area contributed by atoms with Gasteiger partial charge >= 0.3 is 0 Å². The van der Waals surface area contributed by atoms with Gasteiger partial charge in [0.1, 0.15) is 0 Å². The fourth-order valence-corrected chi connectivity index (χ4v) is 1.78. The average Bonchev–Trinajstić information content (AvgIpc) is 2.35. The summed E-state index contributed by atoms with van der Waals surface area (Å²) in [7, 11) is 0. The molecule has 17 heavy (non-hydrogen) atoms. The molecule has 0 aliphatic heterocycles. The summed E-state index contributed by atoms with van der Waals surface area (Å²) in [5.74, 6) is 0.255. The Morgan fingerprint density at radius 1 is 1.29 bits per heavy atom. The van der Waals surface area contributed by atoms with Crippen molar-refractivity contribution >= 4 is 5.91 Å². The van der Waals surface area contributed by atoms with E-state index in [0.717, 1.165) is 45.4 Å². The Kier molecular flexibility index (Phi) is 10.2. The molecule has 0 rings (SSSR count). The van der Waals surface area contributed by atoms with Gasteiger partial charge in [0.2, 0.25) is 5.91 Å². The summed E-state index contributed by atoms with van der Waals surface area (Å²) in [4.78, 5) is 14.0. The van der Waals surface area contributed by atoms with Crippen molar-refractivity contribution in [2.45, 2.75) is 40.0 Å². The largest absolute Gasteiger partial charge is 0.356 e. The lowest BCUT2D eigenvalue weighted by atomic mass is 10.1. The first-order valence-electron chi connectivity index (χ1n) is 6.85. The van der Waals surface area contributed by atoms with Crippen LogP contribution in [0.15, 0.2) is 0 Å². The van der Waals surface area contributed by atoms with Gasteiger partial charge in [0.15, 0.2) is 0 Å². The van der Waals surface area contributed by atoms with E-state index in [9.17, 15) is 4.79 Å². The molecule has 0 aliphatic carbocycles. The monoisotopic (exact) mass is 243 g/mol. The molecule has 0 saturated heterocycles. The third-order valence-corrected chi connectivity index (χ3v) is 3.13. The van der Waals surface area contributed by atoms with Crippen LogP contribution in [0.5, 0.6) is 0 Å². The molecule has 0 saturated carbocycles. The van der Waals surface area contributed by atoms with Crippen LogP contribution in [0.1, 0.15) is 40.0 Å². The van der Waals surface area contributed by atoms with Crippen LogP contribution < -0.4 is 11.1 Å². The van der Waals surface area contributed by atoms with E-state index >= 15 is 0 Å². The van der Waals surface area contributed by atoms with Gasteiger partial charge in [0.25, 0.3) is 0 Å². The zero-order valence-electron chi connectivity index (χ0n) is 11.7. The van der Waals surface area contributed by atoms with Gasteiger partial charge in [-0.15, -0.1) is 0 Å². The van der Waals surface area contributed by atoms with Crippen LogP contribution >= 0.6 is 0 Å². The number of carbonyl (C=O) groups excluding carboxylic acids is 1. The summed E-state index contributed by atoms with van der Waals surface area (Å²) < 4.78 is 0. The van der Waals surface area contributed by atoms with Crippen LogP contribution in [-0.4, -0.2) is 43.5 Å². The van der Waals surface area contributed by atoms with Gasteiger partial charge < -0.3 is 16.0 Å². The first-order chi connectivity index (χ1) is 8.15. The maximum absolute atomic E-state index is 11.7. The number of nitrogens with two attached hydrogens (primary N) is 1. The Labute approximate surface area is 106 Å². The minimum absolute atomic E-state index is 0.0898. The second kappa shape index (κ2) is 10.5. The van der Waals surface area contributed by atoms with E-state index in [1.807, 2.05) is 6.92 Å². The highest BCUT2D eigenvalue weighted by molar-refractivity contribution is 5.78. The van der Waals surface area contributed by atoms with Crippen molar-refractivity contribution in [3.05, 3.63) is 0 Å². The van der Waals surface area contributed by atoms with Crippen molar-refractivity contribution in [3.8, 4) is 0 Å². The van der Waals surface area contributed by atoms with E-state index in [2.05, 4.69) is 24.1 Å². The Morgan fingerprint density at radius 3 is 2.47 bits per heavy atom. The fraction of sp³-hybridized carbons (Fsp3) is 0.923. The molecule has 4 nitrogen and oxygen atoms in total. The van der Waals surface area contributed by atoms with Crippen molar-refractivity contribution in [3.63, 3.8) is 0 Å². The zero-order valence-corrected chi connectivity index (χ0v) is 11.7. The van der Waals surface area contributed by atoms with E-state index in [-0.39, 0.29) is 11.8 Å². The quantitative estimate of drug-likeness (QED) is 0.567. The summed E-state index contributed by atoms with van der Waals surface area (Å²) in [6.45, 7) is 11.0. The standard InChI is InChI=1S/C13H29N3O/c1-4-16(5-2)11-7-10-15-13(17)12(3)8-6-9-14/h12H,4-11,14H2,1-3H3,(H,15,17). The normalized spacial score (nSPS) is 12.8. The van der Waals surface area contributed by atoms with Crippen molar-refractivity contribution < 1.29 is 4.79 Å². The van der Waals surface area contributed by atoms with E-state index in [1.165, 1.54) is 0 Å². The smallest absolute Gasteiger partial charge is 0.222 e. The average molecular weight is 243 g/mol. The third kappa shape index (κ3) is 8.16. The Hall–Kier alpha value is -0.610. The van der Waals surface area contributed by atoms with Crippen molar-refractivity contribution in [1.29, 1.82) is 0 Å². The number of nitrogens with zero attached hydrogens (tertiary/aromatic N) is 1. The molecule has 0 bridgehead atoms. The Bertz CT molecular complexity index is 193. The van der Waals surface area contributed by atoms with Crippen LogP contribution in [-0.2, 0) is 4.79 Å². The SMILES string of the molecule is CCN(CC)CCCNC(=O)C(C)CCCN. The number of amides is 1. The van der Waals surface area contributed by atoms with Crippen molar-refractivity contribution in [2.24, 2.45) is 11.7 Å². The van der Waals surface area contributed by atoms with Gasteiger partial charge in [-0.1, -0.05) is 20.8 Å². The number of carbonyl (C=O) groups is 1. The lowest BCUT2D eigenvalue weighted by molar-refractivity contribution is -0.124. The summed E-state index contributed by atoms with van der Waals surface area (Å²) in [5, 5.41) is 2.99. The molecule has 0 aromatic heterocycles. The molecule has 0 fully saturated rings. The highest BCUT2D eigenvalue weighted by Gasteiger charge is 2.11. The first-order valence-corrected chi connectivity index (χ1v) is 6.85. The lowest BCUT2D eigenvalue weighted by Crippen LogP contribution is -2.33. The predicted molar refractivity (Wildman–Crippen MR) is 72.9 cm³/mol. The molecule has 102 valence electrons. The van der Waals surface area contributed by atoms with Gasteiger partial charge in [-0.05, 0) is 45.4 Å². The second-order valence-corrected chi connectivity index (χ2v) is 4.50. The lowest BCUT2D eigenvalue weighted by Gasteiger charge is -2.18. The van der Waals surface area contributed by atoms with Gasteiger partial charge in [-0.2, -0.15) is 0 Å². The van der Waals surface area contributed by atoms with E-state index in [0.29, 0.717) is 6.54 Å². The van der Waals surface area contributed by atoms with Gasteiger partial charge in [-0.3, -0.25) is 4.79 Å². The molecular weight excluding hydrogens is 214 g/mol. The molecule has 4 heteroatoms. The fourth-order valence-electron chi connectivity index (χ4n) is 1.78. The van der Waals surface area contributed by atoms with Crippen LogP contribution in [0.25, 0.3) is 0 Å².